The molecule has 0 aliphatic heterocycles. The number of aromatic nitrogens is 3. The quantitative estimate of drug-likeness (QED) is 0.481. The van der Waals surface area contributed by atoms with Crippen LogP contribution in [-0.4, -0.2) is 28.1 Å². The monoisotopic (exact) mass is 419 g/mol. The van der Waals surface area contributed by atoms with Crippen molar-refractivity contribution in [2.45, 2.75) is 6.42 Å². The summed E-state index contributed by atoms with van der Waals surface area (Å²) < 4.78 is 7.41. The number of carbonyl (C=O) groups excluding carboxylic acids is 1. The molecule has 23 heavy (non-hydrogen) atoms. The molecule has 3 rings (SSSR count). The third-order valence-corrected chi connectivity index (χ3v) is 4.41. The molecule has 0 saturated carbocycles. The zero-order valence-corrected chi connectivity index (χ0v) is 14.6. The van der Waals surface area contributed by atoms with Crippen molar-refractivity contribution in [1.29, 1.82) is 0 Å². The zero-order chi connectivity index (χ0) is 16.2. The van der Waals surface area contributed by atoms with E-state index >= 15 is 0 Å². The Hall–Kier alpha value is -2.22. The van der Waals surface area contributed by atoms with Gasteiger partial charge in [-0.05, 0) is 34.2 Å². The molecule has 0 unspecified atom stereocenters. The van der Waals surface area contributed by atoms with Gasteiger partial charge >= 0.3 is 5.97 Å². The molecule has 1 heterocycles. The normalized spacial score (nSPS) is 10.5. The number of para-hydroxylation sites is 1. The number of hydrogen-bond acceptors (Lipinski definition) is 4. The Balaban J connectivity index is 2.04. The average Bonchev–Trinajstić information content (AvgIpc) is 2.97. The van der Waals surface area contributed by atoms with E-state index in [9.17, 15) is 4.79 Å². The van der Waals surface area contributed by atoms with Crippen LogP contribution in [0, 0.1) is 3.70 Å². The number of esters is 1. The lowest BCUT2D eigenvalue weighted by atomic mass is 10.1. The minimum atomic E-state index is -0.282. The minimum absolute atomic E-state index is 0.198. The number of nitrogens with zero attached hydrogens (tertiary/aromatic N) is 3. The van der Waals surface area contributed by atoms with Gasteiger partial charge in [-0.3, -0.25) is 4.79 Å². The fraction of sp³-hybridized carbons (Fsp3) is 0.118. The highest BCUT2D eigenvalue weighted by atomic mass is 127. The summed E-state index contributed by atoms with van der Waals surface area (Å²) in [6.45, 7) is 0. The number of ether oxygens (including phenoxy) is 1. The number of hydrogen-bond donors (Lipinski definition) is 0. The first-order valence-electron chi connectivity index (χ1n) is 7.02. The summed E-state index contributed by atoms with van der Waals surface area (Å²) >= 11 is 2.22. The number of methoxy groups -OCH3 is 1. The van der Waals surface area contributed by atoms with E-state index in [1.54, 1.807) is 4.68 Å². The molecule has 0 spiro atoms. The second kappa shape index (κ2) is 6.91. The average molecular weight is 419 g/mol. The van der Waals surface area contributed by atoms with Crippen molar-refractivity contribution >= 4 is 28.6 Å². The van der Waals surface area contributed by atoms with Gasteiger partial charge in [-0.25, -0.2) is 4.68 Å². The summed E-state index contributed by atoms with van der Waals surface area (Å²) in [6, 6.07) is 17.5. The standard InChI is InChI=1S/C17H14IN3O2/c1-23-15(22)11-13-9-5-6-10-14(13)21-17(18)16(19-20-21)12-7-3-2-4-8-12/h2-10H,11H2,1H3. The van der Waals surface area contributed by atoms with Gasteiger partial charge in [0, 0.05) is 5.56 Å². The van der Waals surface area contributed by atoms with E-state index in [1.165, 1.54) is 7.11 Å². The second-order valence-corrected chi connectivity index (χ2v) is 5.91. The molecular formula is C17H14IN3O2. The lowest BCUT2D eigenvalue weighted by Gasteiger charge is -2.09. The molecule has 0 N–H and O–H groups in total. The highest BCUT2D eigenvalue weighted by Crippen LogP contribution is 2.26. The fourth-order valence-electron chi connectivity index (χ4n) is 2.29. The maximum atomic E-state index is 11.6. The molecule has 0 fully saturated rings. The largest absolute Gasteiger partial charge is 0.469 e. The molecule has 0 radical (unpaired) electrons. The van der Waals surface area contributed by atoms with Crippen molar-refractivity contribution in [2.24, 2.45) is 0 Å². The predicted octanol–water partition coefficient (Wildman–Crippen LogP) is 3.25. The zero-order valence-electron chi connectivity index (χ0n) is 12.4. The molecule has 0 bridgehead atoms. The first kappa shape index (κ1) is 15.7. The summed E-state index contributed by atoms with van der Waals surface area (Å²) in [6.07, 6.45) is 0.198. The van der Waals surface area contributed by atoms with Crippen LogP contribution in [0.25, 0.3) is 16.9 Å². The van der Waals surface area contributed by atoms with Crippen molar-refractivity contribution in [3.05, 3.63) is 63.9 Å². The lowest BCUT2D eigenvalue weighted by Crippen LogP contribution is -2.09. The molecule has 3 aromatic rings. The first-order chi connectivity index (χ1) is 11.2. The summed E-state index contributed by atoms with van der Waals surface area (Å²) in [5, 5.41) is 8.56. The van der Waals surface area contributed by atoms with Crippen LogP contribution >= 0.6 is 22.6 Å². The Labute approximate surface area is 147 Å². The van der Waals surface area contributed by atoms with E-state index < -0.39 is 0 Å². The fourth-order valence-corrected chi connectivity index (χ4v) is 3.07. The summed E-state index contributed by atoms with van der Waals surface area (Å²) in [7, 11) is 1.39. The molecule has 2 aromatic carbocycles. The maximum absolute atomic E-state index is 11.6. The van der Waals surface area contributed by atoms with Crippen LogP contribution in [0.2, 0.25) is 0 Å². The Bertz CT molecular complexity index is 831. The van der Waals surface area contributed by atoms with Gasteiger partial charge in [-0.1, -0.05) is 53.7 Å². The van der Waals surface area contributed by atoms with Crippen LogP contribution in [0.5, 0.6) is 0 Å². The van der Waals surface area contributed by atoms with Gasteiger partial charge in [0.25, 0.3) is 0 Å². The van der Waals surface area contributed by atoms with Gasteiger partial charge in [0.15, 0.2) is 0 Å². The molecule has 6 heteroatoms. The molecule has 0 saturated heterocycles. The van der Waals surface area contributed by atoms with E-state index in [-0.39, 0.29) is 12.4 Å². The topological polar surface area (TPSA) is 57.0 Å². The molecule has 0 aliphatic rings. The molecule has 0 amide bonds. The number of halogens is 1. The lowest BCUT2D eigenvalue weighted by molar-refractivity contribution is -0.139. The highest BCUT2D eigenvalue weighted by molar-refractivity contribution is 14.1. The van der Waals surface area contributed by atoms with E-state index in [4.69, 9.17) is 4.74 Å². The second-order valence-electron chi connectivity index (χ2n) is 4.89. The van der Waals surface area contributed by atoms with Gasteiger partial charge in [0.05, 0.1) is 19.2 Å². The van der Waals surface area contributed by atoms with Gasteiger partial charge in [-0.2, -0.15) is 0 Å². The van der Waals surface area contributed by atoms with Gasteiger partial charge in [-0.15, -0.1) is 5.10 Å². The third-order valence-electron chi connectivity index (χ3n) is 3.45. The van der Waals surface area contributed by atoms with Crippen LogP contribution < -0.4 is 0 Å². The van der Waals surface area contributed by atoms with Crippen molar-refractivity contribution in [3.63, 3.8) is 0 Å². The summed E-state index contributed by atoms with van der Waals surface area (Å²) in [4.78, 5) is 11.6. The first-order valence-corrected chi connectivity index (χ1v) is 8.10. The van der Waals surface area contributed by atoms with E-state index in [0.29, 0.717) is 0 Å². The van der Waals surface area contributed by atoms with Gasteiger partial charge in [0.2, 0.25) is 0 Å². The number of benzene rings is 2. The Kier molecular flexibility index (Phi) is 4.71. The SMILES string of the molecule is COC(=O)Cc1ccccc1-n1nnc(-c2ccccc2)c1I. The van der Waals surface area contributed by atoms with E-state index in [2.05, 4.69) is 32.9 Å². The molecule has 5 nitrogen and oxygen atoms in total. The molecule has 0 aliphatic carbocycles. The molecular weight excluding hydrogens is 405 g/mol. The molecule has 1 aromatic heterocycles. The number of rotatable bonds is 4. The Morgan fingerprint density at radius 1 is 1.13 bits per heavy atom. The summed E-state index contributed by atoms with van der Waals surface area (Å²) in [5.41, 5.74) is 3.51. The predicted molar refractivity (Wildman–Crippen MR) is 95.2 cm³/mol. The van der Waals surface area contributed by atoms with Crippen LogP contribution in [0.4, 0.5) is 0 Å². The number of carbonyl (C=O) groups is 1. The van der Waals surface area contributed by atoms with Crippen molar-refractivity contribution in [2.75, 3.05) is 7.11 Å². The molecule has 0 atom stereocenters. The minimum Gasteiger partial charge on any atom is -0.469 e. The van der Waals surface area contributed by atoms with E-state index in [0.717, 1.165) is 26.2 Å². The van der Waals surface area contributed by atoms with Crippen LogP contribution in [0.1, 0.15) is 5.56 Å². The van der Waals surface area contributed by atoms with Gasteiger partial charge in [0.1, 0.15) is 9.39 Å². The molecule has 116 valence electrons. The third kappa shape index (κ3) is 3.26. The maximum Gasteiger partial charge on any atom is 0.310 e. The van der Waals surface area contributed by atoms with Crippen LogP contribution in [0.3, 0.4) is 0 Å². The smallest absolute Gasteiger partial charge is 0.310 e. The van der Waals surface area contributed by atoms with Gasteiger partial charge < -0.3 is 4.74 Å². The Morgan fingerprint density at radius 3 is 2.57 bits per heavy atom. The highest BCUT2D eigenvalue weighted by Gasteiger charge is 2.16. The van der Waals surface area contributed by atoms with Crippen LogP contribution in [-0.2, 0) is 16.0 Å². The van der Waals surface area contributed by atoms with Crippen molar-refractivity contribution in [3.8, 4) is 16.9 Å². The summed E-state index contributed by atoms with van der Waals surface area (Å²) in [5.74, 6) is -0.282. The van der Waals surface area contributed by atoms with Crippen molar-refractivity contribution in [1.82, 2.24) is 15.0 Å². The van der Waals surface area contributed by atoms with E-state index in [1.807, 2.05) is 54.6 Å². The Morgan fingerprint density at radius 2 is 1.83 bits per heavy atom. The van der Waals surface area contributed by atoms with Crippen LogP contribution in [0.15, 0.2) is 54.6 Å². The van der Waals surface area contributed by atoms with Crippen molar-refractivity contribution < 1.29 is 9.53 Å².